The first-order chi connectivity index (χ1) is 13.7. The summed E-state index contributed by atoms with van der Waals surface area (Å²) in [5, 5.41) is 16.0. The van der Waals surface area contributed by atoms with Gasteiger partial charge in [-0.2, -0.15) is 0 Å². The zero-order valence-corrected chi connectivity index (χ0v) is 16.8. The first kappa shape index (κ1) is 17.8. The number of hydrogen-bond donors (Lipinski definition) is 1. The SMILES string of the molecule is CCc1ccc2c3c(c4cc(OC)c(OC)cc4c2c1)CN1CCC[C@@H]1[C@@H]3O. The summed E-state index contributed by atoms with van der Waals surface area (Å²) >= 11 is 0. The lowest BCUT2D eigenvalue weighted by molar-refractivity contribution is 0.0552. The van der Waals surface area contributed by atoms with Crippen molar-refractivity contribution < 1.29 is 14.6 Å². The molecule has 0 unspecified atom stereocenters. The van der Waals surface area contributed by atoms with E-state index in [9.17, 15) is 5.11 Å². The van der Waals surface area contributed by atoms with E-state index in [2.05, 4.69) is 42.2 Å². The highest BCUT2D eigenvalue weighted by atomic mass is 16.5. The summed E-state index contributed by atoms with van der Waals surface area (Å²) < 4.78 is 11.2. The smallest absolute Gasteiger partial charge is 0.161 e. The first-order valence-electron chi connectivity index (χ1n) is 10.2. The Morgan fingerprint density at radius 1 is 1.00 bits per heavy atom. The van der Waals surface area contributed by atoms with E-state index in [0.29, 0.717) is 0 Å². The summed E-state index contributed by atoms with van der Waals surface area (Å²) in [7, 11) is 3.36. The fraction of sp³-hybridized carbons (Fsp3) is 0.417. The monoisotopic (exact) mass is 377 g/mol. The van der Waals surface area contributed by atoms with Gasteiger partial charge in [0.05, 0.1) is 20.3 Å². The fourth-order valence-electron chi connectivity index (χ4n) is 5.24. The second-order valence-corrected chi connectivity index (χ2v) is 8.00. The minimum absolute atomic E-state index is 0.235. The number of nitrogens with zero attached hydrogens (tertiary/aromatic N) is 1. The Bertz CT molecular complexity index is 1070. The molecule has 1 fully saturated rings. The molecule has 2 aliphatic heterocycles. The maximum Gasteiger partial charge on any atom is 0.161 e. The Balaban J connectivity index is 1.91. The van der Waals surface area contributed by atoms with E-state index in [1.165, 1.54) is 27.3 Å². The van der Waals surface area contributed by atoms with Gasteiger partial charge in [-0.25, -0.2) is 0 Å². The molecule has 0 spiro atoms. The van der Waals surface area contributed by atoms with Crippen LogP contribution >= 0.6 is 0 Å². The molecule has 0 aromatic heterocycles. The zero-order chi connectivity index (χ0) is 19.4. The van der Waals surface area contributed by atoms with Gasteiger partial charge in [0.15, 0.2) is 11.5 Å². The summed E-state index contributed by atoms with van der Waals surface area (Å²) in [4.78, 5) is 2.44. The van der Waals surface area contributed by atoms with Crippen molar-refractivity contribution in [3.63, 3.8) is 0 Å². The number of fused-ring (bicyclic) bond motifs is 7. The van der Waals surface area contributed by atoms with Gasteiger partial charge in [-0.15, -0.1) is 0 Å². The predicted molar refractivity (Wildman–Crippen MR) is 112 cm³/mol. The summed E-state index contributed by atoms with van der Waals surface area (Å²) in [6, 6.07) is 11.1. The lowest BCUT2D eigenvalue weighted by atomic mass is 9.83. The number of ether oxygens (including phenoxy) is 2. The van der Waals surface area contributed by atoms with Gasteiger partial charge in [0, 0.05) is 12.6 Å². The topological polar surface area (TPSA) is 41.9 Å². The molecule has 3 aromatic carbocycles. The molecule has 2 heterocycles. The molecule has 3 aromatic rings. The van der Waals surface area contributed by atoms with Crippen LogP contribution in [0.25, 0.3) is 21.5 Å². The summed E-state index contributed by atoms with van der Waals surface area (Å²) in [5.41, 5.74) is 3.65. The summed E-state index contributed by atoms with van der Waals surface area (Å²) in [6.07, 6.45) is 2.77. The number of rotatable bonds is 3. The number of hydrogen-bond acceptors (Lipinski definition) is 4. The second-order valence-electron chi connectivity index (χ2n) is 8.00. The molecule has 2 atom stereocenters. The Morgan fingerprint density at radius 2 is 1.71 bits per heavy atom. The highest BCUT2D eigenvalue weighted by Gasteiger charge is 2.38. The van der Waals surface area contributed by atoms with Crippen molar-refractivity contribution in [2.45, 2.75) is 44.9 Å². The molecule has 4 nitrogen and oxygen atoms in total. The second kappa shape index (κ2) is 6.64. The Kier molecular flexibility index (Phi) is 4.22. The van der Waals surface area contributed by atoms with E-state index >= 15 is 0 Å². The van der Waals surface area contributed by atoms with Crippen LogP contribution in [0.2, 0.25) is 0 Å². The quantitative estimate of drug-likeness (QED) is 0.678. The number of aliphatic hydroxyl groups excluding tert-OH is 1. The highest BCUT2D eigenvalue weighted by molar-refractivity contribution is 6.12. The summed E-state index contributed by atoms with van der Waals surface area (Å²) in [6.45, 7) is 4.12. The molecule has 0 bridgehead atoms. The highest BCUT2D eigenvalue weighted by Crippen LogP contribution is 2.47. The fourth-order valence-corrected chi connectivity index (χ4v) is 5.24. The minimum atomic E-state index is -0.446. The van der Waals surface area contributed by atoms with Crippen molar-refractivity contribution in [2.75, 3.05) is 20.8 Å². The van der Waals surface area contributed by atoms with Crippen molar-refractivity contribution in [2.24, 2.45) is 0 Å². The lowest BCUT2D eigenvalue weighted by Gasteiger charge is -2.37. The molecule has 146 valence electrons. The van der Waals surface area contributed by atoms with Gasteiger partial charge in [-0.05, 0) is 76.2 Å². The molecule has 1 saturated heterocycles. The Labute approximate surface area is 165 Å². The van der Waals surface area contributed by atoms with Crippen LogP contribution in [0.5, 0.6) is 11.5 Å². The van der Waals surface area contributed by atoms with Crippen molar-refractivity contribution in [3.05, 3.63) is 47.0 Å². The third-order valence-corrected chi connectivity index (χ3v) is 6.68. The summed E-state index contributed by atoms with van der Waals surface area (Å²) in [5.74, 6) is 1.48. The van der Waals surface area contributed by atoms with Crippen LogP contribution < -0.4 is 9.47 Å². The number of benzene rings is 3. The van der Waals surface area contributed by atoms with E-state index in [4.69, 9.17) is 9.47 Å². The van der Waals surface area contributed by atoms with Gasteiger partial charge < -0.3 is 14.6 Å². The van der Waals surface area contributed by atoms with Gasteiger partial charge in [0.25, 0.3) is 0 Å². The van der Waals surface area contributed by atoms with Crippen molar-refractivity contribution >= 4 is 21.5 Å². The largest absolute Gasteiger partial charge is 0.493 e. The molecular weight excluding hydrogens is 350 g/mol. The molecule has 2 aliphatic rings. The van der Waals surface area contributed by atoms with Crippen LogP contribution in [0.3, 0.4) is 0 Å². The van der Waals surface area contributed by atoms with Crippen molar-refractivity contribution in [1.29, 1.82) is 0 Å². The van der Waals surface area contributed by atoms with Crippen LogP contribution in [0, 0.1) is 0 Å². The normalized spacial score (nSPS) is 21.7. The van der Waals surface area contributed by atoms with E-state index in [1.807, 2.05) is 0 Å². The zero-order valence-electron chi connectivity index (χ0n) is 16.8. The van der Waals surface area contributed by atoms with E-state index in [1.54, 1.807) is 14.2 Å². The molecule has 28 heavy (non-hydrogen) atoms. The molecule has 4 heteroatoms. The average Bonchev–Trinajstić information content (AvgIpc) is 3.21. The van der Waals surface area contributed by atoms with E-state index < -0.39 is 6.10 Å². The molecule has 1 N–H and O–H groups in total. The molecule has 5 rings (SSSR count). The Morgan fingerprint density at radius 3 is 2.43 bits per heavy atom. The minimum Gasteiger partial charge on any atom is -0.493 e. The molecule has 0 amide bonds. The maximum absolute atomic E-state index is 11.3. The molecular formula is C24H27NO3. The van der Waals surface area contributed by atoms with E-state index in [-0.39, 0.29) is 6.04 Å². The van der Waals surface area contributed by atoms with Gasteiger partial charge in [-0.3, -0.25) is 4.90 Å². The van der Waals surface area contributed by atoms with Gasteiger partial charge in [-0.1, -0.05) is 25.1 Å². The molecule has 0 saturated carbocycles. The van der Waals surface area contributed by atoms with Gasteiger partial charge in [0.1, 0.15) is 0 Å². The third kappa shape index (κ3) is 2.44. The predicted octanol–water partition coefficient (Wildman–Crippen LogP) is 4.58. The van der Waals surface area contributed by atoms with Crippen molar-refractivity contribution in [1.82, 2.24) is 4.90 Å². The molecule has 0 radical (unpaired) electrons. The number of aliphatic hydroxyl groups is 1. The standard InChI is InChI=1S/C24H27NO3/c1-4-14-7-8-15-16(10-14)17-11-21(27-2)22(28-3)12-18(17)19-13-25-9-5-6-20(25)24(26)23(15)19/h7-8,10-12,20,24,26H,4-6,9,13H2,1-3H3/t20-,24+/m1/s1. The van der Waals surface area contributed by atoms with E-state index in [0.717, 1.165) is 54.8 Å². The maximum atomic E-state index is 11.3. The van der Waals surface area contributed by atoms with Crippen molar-refractivity contribution in [3.8, 4) is 11.5 Å². The Hall–Kier alpha value is -2.30. The van der Waals surface area contributed by atoms with Crippen LogP contribution in [0.1, 0.15) is 42.6 Å². The number of aryl methyl sites for hydroxylation is 1. The van der Waals surface area contributed by atoms with Crippen LogP contribution in [-0.4, -0.2) is 36.8 Å². The third-order valence-electron chi connectivity index (χ3n) is 6.68. The van der Waals surface area contributed by atoms with Gasteiger partial charge in [0.2, 0.25) is 0 Å². The average molecular weight is 377 g/mol. The first-order valence-corrected chi connectivity index (χ1v) is 10.2. The van der Waals surface area contributed by atoms with Crippen LogP contribution in [-0.2, 0) is 13.0 Å². The molecule has 0 aliphatic carbocycles. The van der Waals surface area contributed by atoms with Crippen LogP contribution in [0.4, 0.5) is 0 Å². The van der Waals surface area contributed by atoms with Gasteiger partial charge >= 0.3 is 0 Å². The van der Waals surface area contributed by atoms with Crippen LogP contribution in [0.15, 0.2) is 30.3 Å². The number of methoxy groups -OCH3 is 2. The lowest BCUT2D eigenvalue weighted by Crippen LogP contribution is -2.39.